The molecule has 5 rings (SSSR count). The molecule has 1 amide bonds. The number of Topliss-reactive ketones (excluding diaryl/α,β-unsaturated/α-hetero) is 1. The minimum atomic E-state index is -0.212. The van der Waals surface area contributed by atoms with Gasteiger partial charge in [-0.3, -0.25) is 9.59 Å². The average molecular weight is 532 g/mol. The third-order valence-electron chi connectivity index (χ3n) is 8.75. The molecule has 2 aromatic heterocycles. The van der Waals surface area contributed by atoms with Gasteiger partial charge in [0.15, 0.2) is 0 Å². The largest absolute Gasteiger partial charge is 0.480 e. The van der Waals surface area contributed by atoms with Crippen molar-refractivity contribution in [2.24, 2.45) is 11.3 Å². The number of benzene rings is 1. The Bertz CT molecular complexity index is 1310. The fraction of sp³-hybridized carbons (Fsp3) is 0.548. The van der Waals surface area contributed by atoms with Crippen molar-refractivity contribution < 1.29 is 14.3 Å². The molecule has 8 heteroatoms. The molecule has 1 aliphatic heterocycles. The van der Waals surface area contributed by atoms with E-state index in [2.05, 4.69) is 33.3 Å². The number of likely N-dealkylation sites (tertiary alicyclic amines) is 1. The molecule has 3 heterocycles. The van der Waals surface area contributed by atoms with E-state index in [9.17, 15) is 9.59 Å². The molecule has 1 saturated carbocycles. The number of ether oxygens (including phenoxy) is 1. The smallest absolute Gasteiger partial charge is 0.224 e. The topological polar surface area (TPSA) is 100 Å². The molecule has 1 spiro atoms. The van der Waals surface area contributed by atoms with Crippen molar-refractivity contribution in [3.8, 4) is 17.1 Å². The van der Waals surface area contributed by atoms with E-state index in [-0.39, 0.29) is 23.3 Å². The molecule has 2 fully saturated rings. The number of para-hydroxylation sites is 1. The monoisotopic (exact) mass is 531 g/mol. The fourth-order valence-corrected chi connectivity index (χ4v) is 6.01. The van der Waals surface area contributed by atoms with Crippen molar-refractivity contribution in [3.05, 3.63) is 42.4 Å². The Hall–Kier alpha value is -3.26. The summed E-state index contributed by atoms with van der Waals surface area (Å²) in [7, 11) is 3.78. The van der Waals surface area contributed by atoms with Crippen LogP contribution in [-0.2, 0) is 9.59 Å². The fourth-order valence-electron chi connectivity index (χ4n) is 6.01. The number of amides is 1. The van der Waals surface area contributed by atoms with Gasteiger partial charge in [-0.25, -0.2) is 9.97 Å². The SMILES string of the molecule is CCC(=O)CCCCC[C@H](NC(=O)[C@@H]1CC12CCN(C)CC2)c1ncc(-c2cc3ccccc3nc2OC)[nH]1. The van der Waals surface area contributed by atoms with Crippen LogP contribution in [0.5, 0.6) is 5.88 Å². The van der Waals surface area contributed by atoms with Gasteiger partial charge in [0.25, 0.3) is 0 Å². The summed E-state index contributed by atoms with van der Waals surface area (Å²) in [4.78, 5) is 40.4. The summed E-state index contributed by atoms with van der Waals surface area (Å²) < 4.78 is 5.61. The summed E-state index contributed by atoms with van der Waals surface area (Å²) in [6.45, 7) is 4.04. The van der Waals surface area contributed by atoms with Crippen LogP contribution in [0.1, 0.15) is 76.6 Å². The van der Waals surface area contributed by atoms with Crippen LogP contribution in [0.4, 0.5) is 0 Å². The zero-order valence-electron chi connectivity index (χ0n) is 23.5. The first-order valence-electron chi connectivity index (χ1n) is 14.4. The lowest BCUT2D eigenvalue weighted by Gasteiger charge is -2.30. The van der Waals surface area contributed by atoms with Gasteiger partial charge in [0.2, 0.25) is 11.8 Å². The van der Waals surface area contributed by atoms with Crippen molar-refractivity contribution in [1.82, 2.24) is 25.2 Å². The highest BCUT2D eigenvalue weighted by atomic mass is 16.5. The van der Waals surface area contributed by atoms with Crippen molar-refractivity contribution in [2.45, 2.75) is 70.8 Å². The van der Waals surface area contributed by atoms with Gasteiger partial charge >= 0.3 is 0 Å². The number of hydrogen-bond donors (Lipinski definition) is 2. The van der Waals surface area contributed by atoms with Gasteiger partial charge in [0.05, 0.1) is 36.1 Å². The molecule has 2 aliphatic rings. The lowest BCUT2D eigenvalue weighted by atomic mass is 9.91. The normalized spacial score (nSPS) is 19.2. The number of methoxy groups -OCH3 is 1. The Morgan fingerprint density at radius 2 is 2.00 bits per heavy atom. The number of piperidine rings is 1. The van der Waals surface area contributed by atoms with Gasteiger partial charge in [-0.1, -0.05) is 38.0 Å². The molecule has 1 aromatic carbocycles. The molecule has 0 bridgehead atoms. The predicted molar refractivity (Wildman–Crippen MR) is 152 cm³/mol. The molecule has 1 aliphatic carbocycles. The van der Waals surface area contributed by atoms with Gasteiger partial charge < -0.3 is 19.9 Å². The number of ketones is 1. The summed E-state index contributed by atoms with van der Waals surface area (Å²) in [5.74, 6) is 1.83. The van der Waals surface area contributed by atoms with Crippen LogP contribution < -0.4 is 10.1 Å². The second kappa shape index (κ2) is 11.9. The molecule has 3 aromatic rings. The maximum atomic E-state index is 13.4. The minimum Gasteiger partial charge on any atom is -0.480 e. The summed E-state index contributed by atoms with van der Waals surface area (Å²) >= 11 is 0. The number of pyridine rings is 1. The van der Waals surface area contributed by atoms with Crippen molar-refractivity contribution in [1.29, 1.82) is 0 Å². The van der Waals surface area contributed by atoms with Gasteiger partial charge in [-0.2, -0.15) is 0 Å². The maximum Gasteiger partial charge on any atom is 0.224 e. The number of aromatic amines is 1. The summed E-state index contributed by atoms with van der Waals surface area (Å²) in [6.07, 6.45) is 9.73. The van der Waals surface area contributed by atoms with E-state index >= 15 is 0 Å². The summed E-state index contributed by atoms with van der Waals surface area (Å²) in [5, 5.41) is 4.37. The molecular weight excluding hydrogens is 490 g/mol. The maximum absolute atomic E-state index is 13.4. The van der Waals surface area contributed by atoms with E-state index in [0.717, 1.165) is 86.0 Å². The number of carbonyl (C=O) groups is 2. The van der Waals surface area contributed by atoms with E-state index in [4.69, 9.17) is 9.72 Å². The number of nitrogens with one attached hydrogen (secondary N) is 2. The average Bonchev–Trinajstić information content (AvgIpc) is 3.44. The first-order chi connectivity index (χ1) is 18.9. The molecule has 1 saturated heterocycles. The highest BCUT2D eigenvalue weighted by Gasteiger charge is 2.58. The minimum absolute atomic E-state index is 0.0927. The lowest BCUT2D eigenvalue weighted by Crippen LogP contribution is -2.36. The Morgan fingerprint density at radius 1 is 1.21 bits per heavy atom. The van der Waals surface area contributed by atoms with E-state index in [1.807, 2.05) is 31.2 Å². The summed E-state index contributed by atoms with van der Waals surface area (Å²) in [5.41, 5.74) is 2.70. The number of rotatable bonds is 12. The van der Waals surface area contributed by atoms with Gasteiger partial charge in [0, 0.05) is 24.1 Å². The van der Waals surface area contributed by atoms with Crippen LogP contribution in [-0.4, -0.2) is 58.8 Å². The van der Waals surface area contributed by atoms with Crippen LogP contribution in [0.15, 0.2) is 36.5 Å². The van der Waals surface area contributed by atoms with Crippen LogP contribution in [0.2, 0.25) is 0 Å². The number of nitrogens with zero attached hydrogens (tertiary/aromatic N) is 3. The first kappa shape index (κ1) is 27.3. The zero-order valence-corrected chi connectivity index (χ0v) is 23.5. The van der Waals surface area contributed by atoms with Crippen molar-refractivity contribution in [3.63, 3.8) is 0 Å². The number of aromatic nitrogens is 3. The molecule has 2 N–H and O–H groups in total. The predicted octanol–water partition coefficient (Wildman–Crippen LogP) is 5.45. The van der Waals surface area contributed by atoms with E-state index < -0.39 is 0 Å². The summed E-state index contributed by atoms with van der Waals surface area (Å²) in [6, 6.07) is 9.80. The number of H-pyrrole nitrogens is 1. The highest BCUT2D eigenvalue weighted by molar-refractivity contribution is 5.85. The van der Waals surface area contributed by atoms with E-state index in [1.165, 1.54) is 0 Å². The van der Waals surface area contributed by atoms with Gasteiger partial charge in [-0.15, -0.1) is 0 Å². The van der Waals surface area contributed by atoms with E-state index in [1.54, 1.807) is 13.3 Å². The molecule has 8 nitrogen and oxygen atoms in total. The molecule has 0 unspecified atom stereocenters. The Labute approximate surface area is 230 Å². The van der Waals surface area contributed by atoms with Crippen molar-refractivity contribution in [2.75, 3.05) is 27.2 Å². The number of fused-ring (bicyclic) bond motifs is 1. The van der Waals surface area contributed by atoms with Gasteiger partial charge in [0.1, 0.15) is 11.6 Å². The quantitative estimate of drug-likeness (QED) is 0.301. The number of unbranched alkanes of at least 4 members (excludes halogenated alkanes) is 2. The lowest BCUT2D eigenvalue weighted by molar-refractivity contribution is -0.124. The number of imidazole rings is 1. The van der Waals surface area contributed by atoms with Gasteiger partial charge in [-0.05, 0) is 69.8 Å². The molecule has 39 heavy (non-hydrogen) atoms. The Balaban J connectivity index is 1.32. The molecule has 0 radical (unpaired) electrons. The van der Waals surface area contributed by atoms with Crippen molar-refractivity contribution >= 4 is 22.6 Å². The Morgan fingerprint density at radius 3 is 2.77 bits per heavy atom. The second-order valence-electron chi connectivity index (χ2n) is 11.4. The van der Waals surface area contributed by atoms with Crippen LogP contribution in [0.3, 0.4) is 0 Å². The molecule has 2 atom stereocenters. The third-order valence-corrected chi connectivity index (χ3v) is 8.75. The third kappa shape index (κ3) is 6.16. The van der Waals surface area contributed by atoms with Crippen LogP contribution >= 0.6 is 0 Å². The van der Waals surface area contributed by atoms with Crippen LogP contribution in [0.25, 0.3) is 22.2 Å². The van der Waals surface area contributed by atoms with Crippen LogP contribution in [0, 0.1) is 11.3 Å². The molecule has 208 valence electrons. The number of carbonyl (C=O) groups excluding carboxylic acids is 2. The first-order valence-corrected chi connectivity index (χ1v) is 14.4. The highest BCUT2D eigenvalue weighted by Crippen LogP contribution is 2.59. The molecular formula is C31H41N5O3. The zero-order chi connectivity index (χ0) is 27.4. The second-order valence-corrected chi connectivity index (χ2v) is 11.4. The van der Waals surface area contributed by atoms with E-state index in [0.29, 0.717) is 24.5 Å². The standard InChI is InChI=1S/C31H41N5O3/c1-4-22(37)11-6-5-7-13-26(34-29(38)24-19-31(24)14-16-36(2)17-15-31)28-32-20-27(33-28)23-18-21-10-8-9-12-25(21)35-30(23)39-3/h8-10,12,18,20,24,26H,4-7,11,13-17,19H2,1-3H3,(H,32,33)(H,34,38)/t24-,26-/m0/s1. The number of hydrogen-bond acceptors (Lipinski definition) is 6. The Kier molecular flexibility index (Phi) is 8.31.